The number of ether oxygens (including phenoxy) is 2. The Morgan fingerprint density at radius 3 is 2.94 bits per heavy atom. The van der Waals surface area contributed by atoms with Crippen LogP contribution in [0, 0.1) is 5.92 Å². The number of carbonyl (C=O) groups excluding carboxylic acids is 2. The number of nitrogens with zero attached hydrogens (tertiary/aromatic N) is 3. The number of nitrogens with one attached hydrogen (secondary N) is 1. The van der Waals surface area contributed by atoms with Crippen LogP contribution in [-0.4, -0.2) is 66.0 Å². The molecule has 33 heavy (non-hydrogen) atoms. The lowest BCUT2D eigenvalue weighted by Gasteiger charge is -2.23. The van der Waals surface area contributed by atoms with Crippen LogP contribution < -0.4 is 14.8 Å². The zero-order chi connectivity index (χ0) is 23.2. The molecule has 0 unspecified atom stereocenters. The molecule has 1 fully saturated rings. The maximum Gasteiger partial charge on any atom is 0.225 e. The SMILES string of the molecule is CC[C@H]1CN(CCNC(=O)[C@H]2CC(=O)N(Cc3cccnc3)C2)Cc2cc(OC)ccc2O1. The van der Waals surface area contributed by atoms with E-state index in [1.807, 2.05) is 30.3 Å². The number of pyridine rings is 1. The molecule has 0 aliphatic carbocycles. The summed E-state index contributed by atoms with van der Waals surface area (Å²) in [5.74, 6) is 1.35. The van der Waals surface area contributed by atoms with Crippen molar-refractivity contribution in [2.24, 2.45) is 5.92 Å². The first-order valence-corrected chi connectivity index (χ1v) is 11.6. The number of fused-ring (bicyclic) bond motifs is 1. The molecule has 0 radical (unpaired) electrons. The highest BCUT2D eigenvalue weighted by atomic mass is 16.5. The maximum atomic E-state index is 12.7. The molecule has 8 heteroatoms. The third-order valence-corrected chi connectivity index (χ3v) is 6.28. The number of hydrogen-bond acceptors (Lipinski definition) is 6. The smallest absolute Gasteiger partial charge is 0.225 e. The van der Waals surface area contributed by atoms with Gasteiger partial charge in [-0.1, -0.05) is 13.0 Å². The van der Waals surface area contributed by atoms with Gasteiger partial charge < -0.3 is 19.7 Å². The standard InChI is InChI=1S/C25H32N4O4/c1-3-21-17-28(15-19-11-22(32-2)6-7-23(19)33-21)10-9-27-25(31)20-12-24(30)29(16-20)14-18-5-4-8-26-13-18/h4-8,11,13,20-21H,3,9-10,12,14-17H2,1-2H3,(H,27,31)/t20-,21-/m0/s1. The van der Waals surface area contributed by atoms with E-state index >= 15 is 0 Å². The molecule has 2 aliphatic heterocycles. The van der Waals surface area contributed by atoms with Crippen LogP contribution in [-0.2, 0) is 22.7 Å². The van der Waals surface area contributed by atoms with E-state index in [2.05, 4.69) is 22.1 Å². The number of benzene rings is 1. The number of carbonyl (C=O) groups is 2. The van der Waals surface area contributed by atoms with E-state index in [-0.39, 0.29) is 30.3 Å². The lowest BCUT2D eigenvalue weighted by Crippen LogP contribution is -2.40. The highest BCUT2D eigenvalue weighted by Crippen LogP contribution is 2.29. The van der Waals surface area contributed by atoms with Crippen LogP contribution in [0.4, 0.5) is 0 Å². The number of amides is 2. The van der Waals surface area contributed by atoms with Gasteiger partial charge in [-0.3, -0.25) is 19.5 Å². The molecule has 8 nitrogen and oxygen atoms in total. The van der Waals surface area contributed by atoms with E-state index in [9.17, 15) is 9.59 Å². The molecular weight excluding hydrogens is 420 g/mol. The van der Waals surface area contributed by atoms with Gasteiger partial charge in [-0.15, -0.1) is 0 Å². The Bertz CT molecular complexity index is 968. The van der Waals surface area contributed by atoms with Crippen molar-refractivity contribution < 1.29 is 19.1 Å². The molecule has 2 amide bonds. The van der Waals surface area contributed by atoms with Gasteiger partial charge in [0.05, 0.1) is 13.0 Å². The van der Waals surface area contributed by atoms with Crippen molar-refractivity contribution in [2.45, 2.75) is 39.0 Å². The molecule has 4 rings (SSSR count). The van der Waals surface area contributed by atoms with Crippen molar-refractivity contribution in [2.75, 3.05) is 33.3 Å². The minimum atomic E-state index is -0.310. The molecule has 0 bridgehead atoms. The van der Waals surface area contributed by atoms with Crippen molar-refractivity contribution >= 4 is 11.8 Å². The summed E-state index contributed by atoms with van der Waals surface area (Å²) in [6, 6.07) is 9.69. The van der Waals surface area contributed by atoms with E-state index in [1.165, 1.54) is 0 Å². The molecule has 1 saturated heterocycles. The van der Waals surface area contributed by atoms with E-state index < -0.39 is 0 Å². The first-order chi connectivity index (χ1) is 16.1. The van der Waals surface area contributed by atoms with Crippen LogP contribution in [0.15, 0.2) is 42.7 Å². The maximum absolute atomic E-state index is 12.7. The number of hydrogen-bond donors (Lipinski definition) is 1. The van der Waals surface area contributed by atoms with Gasteiger partial charge in [0, 0.05) is 63.6 Å². The van der Waals surface area contributed by atoms with Crippen LogP contribution >= 0.6 is 0 Å². The van der Waals surface area contributed by atoms with Crippen molar-refractivity contribution in [3.05, 3.63) is 53.9 Å². The lowest BCUT2D eigenvalue weighted by atomic mass is 10.1. The molecule has 1 aromatic carbocycles. The van der Waals surface area contributed by atoms with Crippen LogP contribution in [0.5, 0.6) is 11.5 Å². The summed E-state index contributed by atoms with van der Waals surface area (Å²) in [6.45, 7) is 5.83. The summed E-state index contributed by atoms with van der Waals surface area (Å²) in [5, 5.41) is 3.04. The zero-order valence-corrected chi connectivity index (χ0v) is 19.3. The van der Waals surface area contributed by atoms with Crippen molar-refractivity contribution in [3.8, 4) is 11.5 Å². The van der Waals surface area contributed by atoms with Crippen LogP contribution in [0.25, 0.3) is 0 Å². The van der Waals surface area contributed by atoms with E-state index in [0.29, 0.717) is 26.2 Å². The minimum absolute atomic E-state index is 0.0139. The third kappa shape index (κ3) is 5.82. The predicted octanol–water partition coefficient (Wildman–Crippen LogP) is 2.23. The molecule has 2 atom stereocenters. The second kappa shape index (κ2) is 10.7. The van der Waals surface area contributed by atoms with Gasteiger partial charge >= 0.3 is 0 Å². The summed E-state index contributed by atoms with van der Waals surface area (Å²) >= 11 is 0. The minimum Gasteiger partial charge on any atom is -0.497 e. The van der Waals surface area contributed by atoms with Gasteiger partial charge in [0.2, 0.25) is 11.8 Å². The van der Waals surface area contributed by atoms with Crippen LogP contribution in [0.2, 0.25) is 0 Å². The van der Waals surface area contributed by atoms with Gasteiger partial charge in [-0.25, -0.2) is 0 Å². The molecule has 0 spiro atoms. The second-order valence-electron chi connectivity index (χ2n) is 8.68. The summed E-state index contributed by atoms with van der Waals surface area (Å²) in [7, 11) is 1.66. The monoisotopic (exact) mass is 452 g/mol. The molecule has 1 aromatic heterocycles. The number of rotatable bonds is 8. The zero-order valence-electron chi connectivity index (χ0n) is 19.3. The Morgan fingerprint density at radius 2 is 2.18 bits per heavy atom. The quantitative estimate of drug-likeness (QED) is 0.661. The average Bonchev–Trinajstić information content (AvgIpc) is 3.09. The van der Waals surface area contributed by atoms with Crippen LogP contribution in [0.1, 0.15) is 30.9 Å². The largest absolute Gasteiger partial charge is 0.497 e. The van der Waals surface area contributed by atoms with E-state index in [4.69, 9.17) is 9.47 Å². The molecular formula is C25H32N4O4. The number of aromatic nitrogens is 1. The van der Waals surface area contributed by atoms with Gasteiger partial charge in [0.25, 0.3) is 0 Å². The lowest BCUT2D eigenvalue weighted by molar-refractivity contribution is -0.129. The summed E-state index contributed by atoms with van der Waals surface area (Å²) in [4.78, 5) is 33.3. The average molecular weight is 453 g/mol. The predicted molar refractivity (Wildman–Crippen MR) is 124 cm³/mol. The van der Waals surface area contributed by atoms with E-state index in [0.717, 1.165) is 42.1 Å². The molecule has 0 saturated carbocycles. The van der Waals surface area contributed by atoms with Gasteiger partial charge in [0.15, 0.2) is 0 Å². The van der Waals surface area contributed by atoms with Crippen molar-refractivity contribution in [1.82, 2.24) is 20.1 Å². The van der Waals surface area contributed by atoms with Crippen molar-refractivity contribution in [1.29, 1.82) is 0 Å². The van der Waals surface area contributed by atoms with Crippen molar-refractivity contribution in [3.63, 3.8) is 0 Å². The summed E-state index contributed by atoms with van der Waals surface area (Å²) in [5.41, 5.74) is 2.06. The van der Waals surface area contributed by atoms with Gasteiger partial charge in [0.1, 0.15) is 17.6 Å². The molecule has 1 N–H and O–H groups in total. The Morgan fingerprint density at radius 1 is 1.30 bits per heavy atom. The van der Waals surface area contributed by atoms with Gasteiger partial charge in [-0.05, 0) is 36.2 Å². The molecule has 3 heterocycles. The second-order valence-corrected chi connectivity index (χ2v) is 8.68. The Balaban J connectivity index is 1.29. The number of likely N-dealkylation sites (tertiary alicyclic amines) is 1. The fourth-order valence-corrected chi connectivity index (χ4v) is 4.41. The fourth-order valence-electron chi connectivity index (χ4n) is 4.41. The molecule has 2 aromatic rings. The Kier molecular flexibility index (Phi) is 7.44. The first kappa shape index (κ1) is 23.0. The first-order valence-electron chi connectivity index (χ1n) is 11.6. The van der Waals surface area contributed by atoms with Gasteiger partial charge in [-0.2, -0.15) is 0 Å². The highest BCUT2D eigenvalue weighted by Gasteiger charge is 2.34. The van der Waals surface area contributed by atoms with Crippen LogP contribution in [0.3, 0.4) is 0 Å². The Hall–Kier alpha value is -3.13. The molecule has 176 valence electrons. The summed E-state index contributed by atoms with van der Waals surface area (Å²) < 4.78 is 11.6. The summed E-state index contributed by atoms with van der Waals surface area (Å²) in [6.07, 6.45) is 4.73. The normalized spacial score (nSPS) is 20.7. The fraction of sp³-hybridized carbons (Fsp3) is 0.480. The Labute approximate surface area is 194 Å². The van der Waals surface area contributed by atoms with E-state index in [1.54, 1.807) is 24.4 Å². The third-order valence-electron chi connectivity index (χ3n) is 6.28. The molecule has 2 aliphatic rings. The topological polar surface area (TPSA) is 84.0 Å². The number of methoxy groups -OCH3 is 1. The highest BCUT2D eigenvalue weighted by molar-refractivity contribution is 5.89.